The number of ether oxygens (including phenoxy) is 2. The average molecular weight is 485 g/mol. The van der Waals surface area contributed by atoms with E-state index in [9.17, 15) is 4.79 Å². The Hall–Kier alpha value is -1.67. The first kappa shape index (κ1) is 24.0. The number of carbonyl (C=O) groups is 1. The highest BCUT2D eigenvalue weighted by Crippen LogP contribution is 2.32. The molecule has 0 spiro atoms. The van der Waals surface area contributed by atoms with Crippen LogP contribution >= 0.6 is 35.6 Å². The Bertz CT molecular complexity index is 955. The minimum absolute atomic E-state index is 0. The van der Waals surface area contributed by atoms with Gasteiger partial charge in [-0.3, -0.25) is 4.79 Å². The van der Waals surface area contributed by atoms with E-state index in [-0.39, 0.29) is 30.3 Å². The monoisotopic (exact) mass is 483 g/mol. The van der Waals surface area contributed by atoms with Crippen molar-refractivity contribution in [1.82, 2.24) is 10.7 Å². The molecule has 0 aliphatic carbocycles. The van der Waals surface area contributed by atoms with Crippen molar-refractivity contribution in [3.63, 3.8) is 0 Å². The van der Waals surface area contributed by atoms with E-state index in [1.165, 1.54) is 0 Å². The summed E-state index contributed by atoms with van der Waals surface area (Å²) in [6.45, 7) is 3.20. The number of carbonyl (C=O) groups excluding carboxylic acids is 1. The molecule has 0 bridgehead atoms. The smallest absolute Gasteiger partial charge is 0.246 e. The van der Waals surface area contributed by atoms with Crippen molar-refractivity contribution in [2.24, 2.45) is 11.0 Å². The van der Waals surface area contributed by atoms with E-state index in [1.54, 1.807) is 6.07 Å². The Morgan fingerprint density at radius 1 is 1.16 bits per heavy atom. The van der Waals surface area contributed by atoms with Crippen LogP contribution in [0.3, 0.4) is 0 Å². The second-order valence-electron chi connectivity index (χ2n) is 7.41. The van der Waals surface area contributed by atoms with Gasteiger partial charge >= 0.3 is 0 Å². The molecule has 0 unspecified atom stereocenters. The second kappa shape index (κ2) is 11.3. The first-order valence-corrected chi connectivity index (χ1v) is 10.7. The van der Waals surface area contributed by atoms with Gasteiger partial charge in [0.2, 0.25) is 5.91 Å². The number of nitrogens with zero attached hydrogens (tertiary/aromatic N) is 1. The topological polar surface area (TPSA) is 72.0 Å². The van der Waals surface area contributed by atoms with Crippen molar-refractivity contribution in [3.05, 3.63) is 69.2 Å². The largest absolute Gasteiger partial charge is 0.376 e. The van der Waals surface area contributed by atoms with Gasteiger partial charge < -0.3 is 14.8 Å². The van der Waals surface area contributed by atoms with Gasteiger partial charge in [0, 0.05) is 19.0 Å². The van der Waals surface area contributed by atoms with Crippen LogP contribution in [0.4, 0.5) is 0 Å². The lowest BCUT2D eigenvalue weighted by Crippen LogP contribution is -2.28. The summed E-state index contributed by atoms with van der Waals surface area (Å²) >= 11 is 12.3. The molecular formula is C22H24Cl3N3O3. The van der Waals surface area contributed by atoms with Gasteiger partial charge in [0.1, 0.15) is 0 Å². The molecule has 0 aromatic heterocycles. The Morgan fingerprint density at radius 2 is 2.03 bits per heavy atom. The zero-order valence-electron chi connectivity index (χ0n) is 16.8. The molecule has 2 heterocycles. The van der Waals surface area contributed by atoms with Crippen molar-refractivity contribution in [1.29, 1.82) is 0 Å². The fourth-order valence-electron chi connectivity index (χ4n) is 3.69. The third kappa shape index (κ3) is 6.19. The maximum Gasteiger partial charge on any atom is 0.246 e. The molecule has 2 aromatic rings. The standard InChI is InChI=1S/C22H23Cl2N3O3.ClH/c23-18-5-4-16(9-19(18)24)22-17(11-25-6-7-30-22)13-29-12-14-2-1-3-15(8-14)20-10-21(28)27-26-20;/h1-5,8-9,17,22,25H,6-7,10-13H2,(H,27,28);1H/t17-,22-;/m0./s1. The molecule has 1 saturated heterocycles. The number of nitrogens with one attached hydrogen (secondary N) is 2. The molecule has 0 saturated carbocycles. The lowest BCUT2D eigenvalue weighted by Gasteiger charge is -2.25. The number of amides is 1. The molecule has 166 valence electrons. The van der Waals surface area contributed by atoms with Crippen LogP contribution in [-0.2, 0) is 20.9 Å². The Morgan fingerprint density at radius 3 is 2.81 bits per heavy atom. The number of hydrazone groups is 1. The summed E-state index contributed by atoms with van der Waals surface area (Å²) in [7, 11) is 0. The van der Waals surface area contributed by atoms with Crippen LogP contribution in [0.25, 0.3) is 0 Å². The molecule has 2 aromatic carbocycles. The van der Waals surface area contributed by atoms with Gasteiger partial charge in [0.15, 0.2) is 0 Å². The molecule has 2 N–H and O–H groups in total. The normalized spacial score (nSPS) is 21.1. The number of rotatable bonds is 6. The van der Waals surface area contributed by atoms with Crippen LogP contribution in [0.15, 0.2) is 47.6 Å². The van der Waals surface area contributed by atoms with E-state index in [4.69, 9.17) is 32.7 Å². The predicted octanol–water partition coefficient (Wildman–Crippen LogP) is 4.13. The van der Waals surface area contributed by atoms with Crippen LogP contribution in [0.1, 0.15) is 29.2 Å². The third-order valence-corrected chi connectivity index (χ3v) is 5.93. The van der Waals surface area contributed by atoms with Gasteiger partial charge in [-0.25, -0.2) is 5.43 Å². The van der Waals surface area contributed by atoms with Crippen molar-refractivity contribution in [2.45, 2.75) is 19.1 Å². The number of hydrogen-bond acceptors (Lipinski definition) is 5. The van der Waals surface area contributed by atoms with E-state index in [0.29, 0.717) is 36.3 Å². The average Bonchev–Trinajstić information content (AvgIpc) is 3.05. The van der Waals surface area contributed by atoms with Gasteiger partial charge in [-0.15, -0.1) is 12.4 Å². The maximum atomic E-state index is 11.4. The lowest BCUT2D eigenvalue weighted by molar-refractivity contribution is -0.119. The summed E-state index contributed by atoms with van der Waals surface area (Å²) in [6, 6.07) is 13.5. The van der Waals surface area contributed by atoms with E-state index in [0.717, 1.165) is 35.5 Å². The lowest BCUT2D eigenvalue weighted by atomic mass is 9.96. The zero-order valence-corrected chi connectivity index (χ0v) is 19.1. The van der Waals surface area contributed by atoms with Crippen molar-refractivity contribution in [3.8, 4) is 0 Å². The van der Waals surface area contributed by atoms with Gasteiger partial charge in [-0.2, -0.15) is 5.10 Å². The number of hydrogen-bond donors (Lipinski definition) is 2. The molecule has 31 heavy (non-hydrogen) atoms. The minimum Gasteiger partial charge on any atom is -0.376 e. The summed E-state index contributed by atoms with van der Waals surface area (Å²) in [5.41, 5.74) is 6.20. The summed E-state index contributed by atoms with van der Waals surface area (Å²) in [4.78, 5) is 11.4. The van der Waals surface area contributed by atoms with Crippen LogP contribution < -0.4 is 10.7 Å². The van der Waals surface area contributed by atoms with E-state index >= 15 is 0 Å². The Labute approximate surface area is 197 Å². The van der Waals surface area contributed by atoms with Gasteiger partial charge in [0.25, 0.3) is 0 Å². The van der Waals surface area contributed by atoms with Crippen LogP contribution in [0.5, 0.6) is 0 Å². The summed E-state index contributed by atoms with van der Waals surface area (Å²) < 4.78 is 12.2. The van der Waals surface area contributed by atoms with E-state index in [1.807, 2.05) is 36.4 Å². The molecule has 0 radical (unpaired) electrons. The van der Waals surface area contributed by atoms with Crippen LogP contribution in [0, 0.1) is 5.92 Å². The fraction of sp³-hybridized carbons (Fsp3) is 0.364. The molecule has 4 rings (SSSR count). The van der Waals surface area contributed by atoms with Crippen molar-refractivity contribution < 1.29 is 14.3 Å². The van der Waals surface area contributed by atoms with E-state index in [2.05, 4.69) is 15.8 Å². The first-order chi connectivity index (χ1) is 14.6. The molecule has 9 heteroatoms. The van der Waals surface area contributed by atoms with Crippen molar-refractivity contribution in [2.75, 3.05) is 26.3 Å². The molecule has 2 atom stereocenters. The number of benzene rings is 2. The second-order valence-corrected chi connectivity index (χ2v) is 8.23. The fourth-order valence-corrected chi connectivity index (χ4v) is 4.00. The molecule has 1 amide bonds. The van der Waals surface area contributed by atoms with E-state index < -0.39 is 0 Å². The predicted molar refractivity (Wildman–Crippen MR) is 124 cm³/mol. The Balaban J connectivity index is 0.00000272. The maximum absolute atomic E-state index is 11.4. The highest BCUT2D eigenvalue weighted by atomic mass is 35.5. The summed E-state index contributed by atoms with van der Waals surface area (Å²) in [5, 5.41) is 8.54. The third-order valence-electron chi connectivity index (χ3n) is 5.19. The summed E-state index contributed by atoms with van der Waals surface area (Å²) in [6.07, 6.45) is 0.187. The van der Waals surface area contributed by atoms with Crippen LogP contribution in [0.2, 0.25) is 10.0 Å². The van der Waals surface area contributed by atoms with Gasteiger partial charge in [0.05, 0.1) is 48.1 Å². The highest BCUT2D eigenvalue weighted by Gasteiger charge is 2.27. The Kier molecular flexibility index (Phi) is 8.72. The number of halogens is 3. The van der Waals surface area contributed by atoms with Crippen LogP contribution in [-0.4, -0.2) is 37.9 Å². The SMILES string of the molecule is Cl.O=C1CC(c2cccc(COC[C@@H]3CNCCO[C@H]3c3ccc(Cl)c(Cl)c3)c2)=NN1. The highest BCUT2D eigenvalue weighted by molar-refractivity contribution is 6.42. The molecule has 1 fully saturated rings. The minimum atomic E-state index is -0.119. The molecule has 2 aliphatic rings. The first-order valence-electron chi connectivity index (χ1n) is 9.90. The molecule has 2 aliphatic heterocycles. The molecular weight excluding hydrogens is 461 g/mol. The van der Waals surface area contributed by atoms with Crippen molar-refractivity contribution >= 4 is 47.2 Å². The quantitative estimate of drug-likeness (QED) is 0.647. The summed E-state index contributed by atoms with van der Waals surface area (Å²) in [5.74, 6) is 0.0508. The van der Waals surface area contributed by atoms with Gasteiger partial charge in [-0.1, -0.05) is 47.5 Å². The zero-order chi connectivity index (χ0) is 20.9. The van der Waals surface area contributed by atoms with Gasteiger partial charge in [-0.05, 0) is 34.9 Å². The molecule has 6 nitrogen and oxygen atoms in total.